The van der Waals surface area contributed by atoms with Gasteiger partial charge in [0, 0.05) is 17.1 Å². The molecule has 4 aromatic rings. The lowest BCUT2D eigenvalue weighted by Gasteiger charge is -2.21. The molecule has 190 valence electrons. The third kappa shape index (κ3) is 6.19. The Morgan fingerprint density at radius 1 is 0.973 bits per heavy atom. The number of hydrogen-bond donors (Lipinski definition) is 1. The largest absolute Gasteiger partial charge is 0.484 e. The molecule has 37 heavy (non-hydrogen) atoms. The van der Waals surface area contributed by atoms with E-state index in [0.29, 0.717) is 23.1 Å². The van der Waals surface area contributed by atoms with Crippen LogP contribution in [0.5, 0.6) is 5.75 Å². The SMILES string of the molecule is CCN(CC(=O)Nc1c(-c2ccccc2)c(C)nn1-c1ccccc1C)C(=O)COc1ccc(Cl)cc1. The first-order chi connectivity index (χ1) is 17.9. The summed E-state index contributed by atoms with van der Waals surface area (Å²) in [5.41, 5.74) is 4.44. The van der Waals surface area contributed by atoms with E-state index >= 15 is 0 Å². The summed E-state index contributed by atoms with van der Waals surface area (Å²) in [6.07, 6.45) is 0. The van der Waals surface area contributed by atoms with Gasteiger partial charge in [0.1, 0.15) is 11.6 Å². The Morgan fingerprint density at radius 3 is 2.32 bits per heavy atom. The van der Waals surface area contributed by atoms with E-state index in [2.05, 4.69) is 5.32 Å². The fraction of sp³-hybridized carbons (Fsp3) is 0.207. The van der Waals surface area contributed by atoms with Crippen LogP contribution in [-0.4, -0.2) is 46.2 Å². The highest BCUT2D eigenvalue weighted by Crippen LogP contribution is 2.34. The molecular weight excluding hydrogens is 488 g/mol. The van der Waals surface area contributed by atoms with Crippen molar-refractivity contribution in [2.24, 2.45) is 0 Å². The van der Waals surface area contributed by atoms with Crippen LogP contribution in [0.15, 0.2) is 78.9 Å². The molecule has 0 fully saturated rings. The Kier molecular flexibility index (Phi) is 8.25. The second kappa shape index (κ2) is 11.8. The molecule has 0 unspecified atom stereocenters. The van der Waals surface area contributed by atoms with E-state index in [1.165, 1.54) is 4.90 Å². The standard InChI is InChI=1S/C29H29ClN4O3/c1-4-33(27(36)19-37-24-16-14-23(30)15-17-24)18-26(35)31-29-28(22-11-6-5-7-12-22)21(3)32-34(29)25-13-9-8-10-20(25)2/h5-17H,4,18-19H2,1-3H3,(H,31,35). The monoisotopic (exact) mass is 516 g/mol. The molecule has 1 aromatic heterocycles. The summed E-state index contributed by atoms with van der Waals surface area (Å²) in [5.74, 6) is 0.473. The van der Waals surface area contributed by atoms with E-state index in [1.807, 2.05) is 75.4 Å². The molecule has 4 rings (SSSR count). The van der Waals surface area contributed by atoms with Crippen LogP contribution < -0.4 is 10.1 Å². The molecule has 3 aromatic carbocycles. The van der Waals surface area contributed by atoms with E-state index in [0.717, 1.165) is 28.1 Å². The second-order valence-electron chi connectivity index (χ2n) is 8.57. The number of hydrogen-bond acceptors (Lipinski definition) is 4. The van der Waals surface area contributed by atoms with Crippen LogP contribution in [0.1, 0.15) is 18.2 Å². The average Bonchev–Trinajstić information content (AvgIpc) is 3.22. The molecule has 0 atom stereocenters. The molecule has 2 amide bonds. The van der Waals surface area contributed by atoms with Crippen LogP contribution in [0.4, 0.5) is 5.82 Å². The number of carbonyl (C=O) groups is 2. The number of anilines is 1. The molecule has 0 bridgehead atoms. The third-order valence-corrected chi connectivity index (χ3v) is 6.22. The van der Waals surface area contributed by atoms with Crippen molar-refractivity contribution in [1.29, 1.82) is 0 Å². The molecule has 8 heteroatoms. The fourth-order valence-corrected chi connectivity index (χ4v) is 4.18. The maximum atomic E-state index is 13.3. The summed E-state index contributed by atoms with van der Waals surface area (Å²) in [6, 6.07) is 24.4. The Labute approximate surface area is 221 Å². The van der Waals surface area contributed by atoms with Gasteiger partial charge in [-0.3, -0.25) is 9.59 Å². The van der Waals surface area contributed by atoms with Gasteiger partial charge in [-0.05, 0) is 62.2 Å². The van der Waals surface area contributed by atoms with E-state index in [-0.39, 0.29) is 25.0 Å². The van der Waals surface area contributed by atoms with Gasteiger partial charge in [0.05, 0.1) is 17.9 Å². The minimum absolute atomic E-state index is 0.120. The zero-order valence-corrected chi connectivity index (χ0v) is 21.8. The highest BCUT2D eigenvalue weighted by Gasteiger charge is 2.23. The number of carbonyl (C=O) groups excluding carboxylic acids is 2. The third-order valence-electron chi connectivity index (χ3n) is 5.97. The summed E-state index contributed by atoms with van der Waals surface area (Å²) >= 11 is 5.90. The molecule has 0 saturated carbocycles. The van der Waals surface area contributed by atoms with E-state index in [1.54, 1.807) is 28.9 Å². The van der Waals surface area contributed by atoms with Crippen molar-refractivity contribution < 1.29 is 14.3 Å². The molecule has 0 saturated heterocycles. The van der Waals surface area contributed by atoms with Gasteiger partial charge in [0.2, 0.25) is 5.91 Å². The average molecular weight is 517 g/mol. The smallest absolute Gasteiger partial charge is 0.260 e. The number of nitrogens with zero attached hydrogens (tertiary/aromatic N) is 3. The molecule has 1 N–H and O–H groups in total. The van der Waals surface area contributed by atoms with Crippen LogP contribution in [0.2, 0.25) is 5.02 Å². The van der Waals surface area contributed by atoms with Gasteiger partial charge in [-0.25, -0.2) is 4.68 Å². The number of rotatable bonds is 9. The number of benzene rings is 3. The van der Waals surface area contributed by atoms with E-state index < -0.39 is 0 Å². The topological polar surface area (TPSA) is 76.5 Å². The van der Waals surface area contributed by atoms with E-state index in [4.69, 9.17) is 21.4 Å². The number of likely N-dealkylation sites (N-methyl/N-ethyl adjacent to an activating group) is 1. The molecule has 0 radical (unpaired) electrons. The first kappa shape index (κ1) is 26.0. The Hall–Kier alpha value is -4.10. The van der Waals surface area contributed by atoms with Gasteiger partial charge in [0.15, 0.2) is 6.61 Å². The zero-order chi connectivity index (χ0) is 26.4. The quantitative estimate of drug-likeness (QED) is 0.311. The predicted molar refractivity (Wildman–Crippen MR) is 146 cm³/mol. The van der Waals surface area contributed by atoms with Crippen molar-refractivity contribution in [3.8, 4) is 22.6 Å². The van der Waals surface area contributed by atoms with Crippen molar-refractivity contribution in [2.45, 2.75) is 20.8 Å². The maximum Gasteiger partial charge on any atom is 0.260 e. The summed E-state index contributed by atoms with van der Waals surface area (Å²) in [5, 5.41) is 8.39. The van der Waals surface area contributed by atoms with Gasteiger partial charge in [-0.15, -0.1) is 0 Å². The normalized spacial score (nSPS) is 10.7. The lowest BCUT2D eigenvalue weighted by molar-refractivity contribution is -0.136. The molecule has 0 aliphatic rings. The number of ether oxygens (including phenoxy) is 1. The molecular formula is C29H29ClN4O3. The molecule has 0 aliphatic carbocycles. The lowest BCUT2D eigenvalue weighted by Crippen LogP contribution is -2.40. The molecule has 0 spiro atoms. The first-order valence-electron chi connectivity index (χ1n) is 12.0. The zero-order valence-electron chi connectivity index (χ0n) is 21.1. The minimum Gasteiger partial charge on any atom is -0.484 e. The number of para-hydroxylation sites is 1. The van der Waals surface area contributed by atoms with Crippen LogP contribution in [-0.2, 0) is 9.59 Å². The number of amides is 2. The van der Waals surface area contributed by atoms with E-state index in [9.17, 15) is 9.59 Å². The number of aryl methyl sites for hydroxylation is 2. The van der Waals surface area contributed by atoms with Gasteiger partial charge in [0.25, 0.3) is 5.91 Å². The van der Waals surface area contributed by atoms with Crippen LogP contribution in [0.25, 0.3) is 16.8 Å². The Bertz CT molecular complexity index is 1380. The fourth-order valence-electron chi connectivity index (χ4n) is 4.06. The number of halogens is 1. The molecule has 0 aliphatic heterocycles. The summed E-state index contributed by atoms with van der Waals surface area (Å²) < 4.78 is 7.34. The van der Waals surface area contributed by atoms with Crippen LogP contribution >= 0.6 is 11.6 Å². The summed E-state index contributed by atoms with van der Waals surface area (Å²) in [4.78, 5) is 27.5. The predicted octanol–water partition coefficient (Wildman–Crippen LogP) is 5.68. The van der Waals surface area contributed by atoms with Crippen molar-refractivity contribution in [1.82, 2.24) is 14.7 Å². The first-order valence-corrected chi connectivity index (χ1v) is 12.4. The number of aromatic nitrogens is 2. The highest BCUT2D eigenvalue weighted by atomic mass is 35.5. The maximum absolute atomic E-state index is 13.3. The summed E-state index contributed by atoms with van der Waals surface area (Å²) in [7, 11) is 0. The van der Waals surface area contributed by atoms with Gasteiger partial charge < -0.3 is 15.0 Å². The van der Waals surface area contributed by atoms with Gasteiger partial charge >= 0.3 is 0 Å². The van der Waals surface area contributed by atoms with Crippen LogP contribution in [0.3, 0.4) is 0 Å². The number of nitrogens with one attached hydrogen (secondary N) is 1. The minimum atomic E-state index is -0.325. The van der Waals surface area contributed by atoms with Crippen LogP contribution in [0, 0.1) is 13.8 Å². The summed E-state index contributed by atoms with van der Waals surface area (Å²) in [6.45, 7) is 5.80. The van der Waals surface area contributed by atoms with Crippen molar-refractivity contribution in [3.05, 3.63) is 95.1 Å². The Balaban J connectivity index is 1.56. The molecule has 1 heterocycles. The van der Waals surface area contributed by atoms with Gasteiger partial charge in [-0.1, -0.05) is 60.1 Å². The molecule has 7 nitrogen and oxygen atoms in total. The van der Waals surface area contributed by atoms with Crippen molar-refractivity contribution >= 4 is 29.2 Å². The highest BCUT2D eigenvalue weighted by molar-refractivity contribution is 6.30. The van der Waals surface area contributed by atoms with Crippen molar-refractivity contribution in [2.75, 3.05) is 25.0 Å². The second-order valence-corrected chi connectivity index (χ2v) is 9.01. The van der Waals surface area contributed by atoms with Crippen molar-refractivity contribution in [3.63, 3.8) is 0 Å². The Morgan fingerprint density at radius 2 is 1.65 bits per heavy atom. The van der Waals surface area contributed by atoms with Gasteiger partial charge in [-0.2, -0.15) is 5.10 Å². The lowest BCUT2D eigenvalue weighted by atomic mass is 10.1.